The quantitative estimate of drug-likeness (QED) is 0.705. The molecule has 2 unspecified atom stereocenters. The molecule has 0 saturated carbocycles. The molecule has 0 radical (unpaired) electrons. The summed E-state index contributed by atoms with van der Waals surface area (Å²) < 4.78 is 0.614. The van der Waals surface area contributed by atoms with E-state index in [1.54, 1.807) is 12.3 Å². The van der Waals surface area contributed by atoms with Crippen LogP contribution in [-0.2, 0) is 0 Å². The average molecular weight is 416 g/mol. The first-order chi connectivity index (χ1) is 12.4. The van der Waals surface area contributed by atoms with E-state index in [4.69, 9.17) is 0 Å². The number of rotatable bonds is 2. The van der Waals surface area contributed by atoms with Crippen LogP contribution in [0.4, 0.5) is 5.95 Å². The van der Waals surface area contributed by atoms with Gasteiger partial charge in [-0.1, -0.05) is 0 Å². The van der Waals surface area contributed by atoms with Crippen molar-refractivity contribution < 1.29 is 4.79 Å². The number of carbonyl (C=O) groups excluding carboxylic acids is 1. The largest absolute Gasteiger partial charge is 0.340 e. The average Bonchev–Trinajstić information content (AvgIpc) is 3.18. The van der Waals surface area contributed by atoms with Gasteiger partial charge in [-0.3, -0.25) is 4.79 Å². The van der Waals surface area contributed by atoms with Gasteiger partial charge in [-0.05, 0) is 54.4 Å². The number of anilines is 1. The van der Waals surface area contributed by atoms with Crippen LogP contribution in [0.25, 0.3) is 0 Å². The van der Waals surface area contributed by atoms with Crippen molar-refractivity contribution in [3.8, 4) is 0 Å². The molecule has 6 nitrogen and oxygen atoms in total. The van der Waals surface area contributed by atoms with Crippen LogP contribution in [0.1, 0.15) is 27.3 Å². The summed E-state index contributed by atoms with van der Waals surface area (Å²) in [5.74, 6) is 1.83. The van der Waals surface area contributed by atoms with Gasteiger partial charge in [0.05, 0.1) is 5.56 Å². The van der Waals surface area contributed by atoms with Gasteiger partial charge in [0.2, 0.25) is 5.95 Å². The molecule has 0 aromatic carbocycles. The van der Waals surface area contributed by atoms with Crippen molar-refractivity contribution in [3.63, 3.8) is 0 Å². The Morgan fingerprint density at radius 1 is 1.08 bits per heavy atom. The number of aryl methyl sites for hydroxylation is 2. The Labute approximate surface area is 161 Å². The van der Waals surface area contributed by atoms with Crippen molar-refractivity contribution in [3.05, 3.63) is 45.4 Å². The van der Waals surface area contributed by atoms with E-state index < -0.39 is 0 Å². The van der Waals surface area contributed by atoms with Gasteiger partial charge < -0.3 is 9.80 Å². The smallest absolute Gasteiger partial charge is 0.256 e. The first-order valence-electron chi connectivity index (χ1n) is 8.90. The van der Waals surface area contributed by atoms with Crippen LogP contribution in [0, 0.1) is 32.6 Å². The fraction of sp³-hybridized carbons (Fsp3) is 0.474. The van der Waals surface area contributed by atoms with Gasteiger partial charge in [-0.25, -0.2) is 15.0 Å². The number of fused-ring (bicyclic) bond motifs is 1. The summed E-state index contributed by atoms with van der Waals surface area (Å²) in [6.07, 6.45) is 1.68. The zero-order chi connectivity index (χ0) is 18.4. The second-order valence-corrected chi connectivity index (χ2v) is 8.05. The third-order valence-corrected chi connectivity index (χ3v) is 6.30. The molecule has 2 saturated heterocycles. The van der Waals surface area contributed by atoms with Crippen molar-refractivity contribution in [2.75, 3.05) is 31.1 Å². The lowest BCUT2D eigenvalue weighted by molar-refractivity contribution is 0.0781. The summed E-state index contributed by atoms with van der Waals surface area (Å²) in [5.41, 5.74) is 3.88. The number of halogens is 1. The lowest BCUT2D eigenvalue weighted by Crippen LogP contribution is -2.34. The summed E-state index contributed by atoms with van der Waals surface area (Å²) in [6, 6.07) is 3.63. The molecule has 0 spiro atoms. The zero-order valence-corrected chi connectivity index (χ0v) is 16.8. The molecule has 2 atom stereocenters. The third kappa shape index (κ3) is 2.98. The minimum absolute atomic E-state index is 0.0594. The fourth-order valence-corrected chi connectivity index (χ4v) is 4.35. The van der Waals surface area contributed by atoms with E-state index in [9.17, 15) is 4.79 Å². The summed E-state index contributed by atoms with van der Waals surface area (Å²) in [7, 11) is 0. The van der Waals surface area contributed by atoms with Crippen LogP contribution >= 0.6 is 15.9 Å². The van der Waals surface area contributed by atoms with Gasteiger partial charge in [0, 0.05) is 55.6 Å². The van der Waals surface area contributed by atoms with E-state index in [-0.39, 0.29) is 5.91 Å². The molecular weight excluding hydrogens is 394 g/mol. The lowest BCUT2D eigenvalue weighted by Gasteiger charge is -2.23. The predicted molar refractivity (Wildman–Crippen MR) is 103 cm³/mol. The number of carbonyl (C=O) groups is 1. The van der Waals surface area contributed by atoms with E-state index in [1.807, 2.05) is 24.8 Å². The van der Waals surface area contributed by atoms with E-state index in [2.05, 4.69) is 42.7 Å². The predicted octanol–water partition coefficient (Wildman–Crippen LogP) is 2.77. The molecular formula is C19H22BrN5O. The monoisotopic (exact) mass is 415 g/mol. The van der Waals surface area contributed by atoms with Gasteiger partial charge >= 0.3 is 0 Å². The Balaban J connectivity index is 1.46. The van der Waals surface area contributed by atoms with Gasteiger partial charge in [-0.15, -0.1) is 0 Å². The van der Waals surface area contributed by atoms with E-state index in [0.717, 1.165) is 49.1 Å². The molecule has 2 aliphatic heterocycles. The Hall–Kier alpha value is -2.02. The summed E-state index contributed by atoms with van der Waals surface area (Å²) in [6.45, 7) is 9.52. The molecule has 2 aliphatic rings. The topological polar surface area (TPSA) is 62.2 Å². The summed E-state index contributed by atoms with van der Waals surface area (Å²) in [5, 5.41) is 0. The molecule has 2 aromatic heterocycles. The summed E-state index contributed by atoms with van der Waals surface area (Å²) >= 11 is 3.38. The van der Waals surface area contributed by atoms with Gasteiger partial charge in [0.1, 0.15) is 4.60 Å². The van der Waals surface area contributed by atoms with Crippen molar-refractivity contribution >= 4 is 27.8 Å². The SMILES string of the molecule is Cc1nc(N2CC3CN(C(=O)c4cccnc4Br)CC3C2)nc(C)c1C. The van der Waals surface area contributed by atoms with Crippen LogP contribution in [0.3, 0.4) is 0 Å². The Bertz CT molecular complexity index is 834. The molecule has 0 bridgehead atoms. The number of hydrogen-bond donors (Lipinski definition) is 0. The van der Waals surface area contributed by atoms with Gasteiger partial charge in [0.15, 0.2) is 0 Å². The molecule has 0 N–H and O–H groups in total. The van der Waals surface area contributed by atoms with Crippen LogP contribution in [0.5, 0.6) is 0 Å². The first kappa shape index (κ1) is 17.4. The maximum absolute atomic E-state index is 12.8. The number of hydrogen-bond acceptors (Lipinski definition) is 5. The highest BCUT2D eigenvalue weighted by Crippen LogP contribution is 2.34. The van der Waals surface area contributed by atoms with E-state index in [0.29, 0.717) is 22.0 Å². The normalized spacial score (nSPS) is 22.0. The molecule has 2 aromatic rings. The van der Waals surface area contributed by atoms with Crippen molar-refractivity contribution in [2.45, 2.75) is 20.8 Å². The summed E-state index contributed by atoms with van der Waals surface area (Å²) in [4.78, 5) is 30.5. The van der Waals surface area contributed by atoms with Crippen LogP contribution in [0.15, 0.2) is 22.9 Å². The molecule has 4 heterocycles. The molecule has 7 heteroatoms. The maximum atomic E-state index is 12.8. The van der Waals surface area contributed by atoms with Crippen LogP contribution in [-0.4, -0.2) is 51.9 Å². The second kappa shape index (κ2) is 6.61. The Morgan fingerprint density at radius 3 is 2.27 bits per heavy atom. The molecule has 4 rings (SSSR count). The van der Waals surface area contributed by atoms with Crippen molar-refractivity contribution in [1.82, 2.24) is 19.9 Å². The second-order valence-electron chi connectivity index (χ2n) is 7.30. The van der Waals surface area contributed by atoms with Gasteiger partial charge in [-0.2, -0.15) is 0 Å². The molecule has 1 amide bonds. The fourth-order valence-electron chi connectivity index (χ4n) is 3.93. The highest BCUT2D eigenvalue weighted by Gasteiger charge is 2.42. The molecule has 136 valence electrons. The Kier molecular flexibility index (Phi) is 4.42. The number of nitrogens with zero attached hydrogens (tertiary/aromatic N) is 5. The van der Waals surface area contributed by atoms with E-state index >= 15 is 0 Å². The maximum Gasteiger partial charge on any atom is 0.256 e. The highest BCUT2D eigenvalue weighted by atomic mass is 79.9. The van der Waals surface area contributed by atoms with Crippen LogP contribution in [0.2, 0.25) is 0 Å². The molecule has 0 aliphatic carbocycles. The third-order valence-electron chi connectivity index (χ3n) is 5.67. The van der Waals surface area contributed by atoms with E-state index in [1.165, 1.54) is 0 Å². The van der Waals surface area contributed by atoms with Crippen molar-refractivity contribution in [1.29, 1.82) is 0 Å². The Morgan fingerprint density at radius 2 is 1.69 bits per heavy atom. The number of amides is 1. The van der Waals surface area contributed by atoms with Crippen LogP contribution < -0.4 is 4.90 Å². The molecule has 26 heavy (non-hydrogen) atoms. The first-order valence-corrected chi connectivity index (χ1v) is 9.70. The zero-order valence-electron chi connectivity index (χ0n) is 15.2. The van der Waals surface area contributed by atoms with Crippen molar-refractivity contribution in [2.24, 2.45) is 11.8 Å². The minimum atomic E-state index is 0.0594. The standard InChI is InChI=1S/C19H22BrN5O/c1-11-12(2)22-19(23-13(11)3)25-9-14-7-24(8-15(14)10-25)18(26)16-5-4-6-21-17(16)20/h4-6,14-15H,7-10H2,1-3H3. The van der Waals surface area contributed by atoms with Gasteiger partial charge in [0.25, 0.3) is 5.91 Å². The lowest BCUT2D eigenvalue weighted by atomic mass is 10.0. The number of pyridine rings is 1. The number of likely N-dealkylation sites (tertiary alicyclic amines) is 1. The minimum Gasteiger partial charge on any atom is -0.340 e. The molecule has 2 fully saturated rings. The number of aromatic nitrogens is 3. The highest BCUT2D eigenvalue weighted by molar-refractivity contribution is 9.10.